The third-order valence-corrected chi connectivity index (χ3v) is 6.20. The lowest BCUT2D eigenvalue weighted by atomic mass is 10.2. The average molecular weight is 401 g/mol. The topological polar surface area (TPSA) is 114 Å². The maximum Gasteiger partial charge on any atom is 0.357 e. The van der Waals surface area contributed by atoms with Crippen LogP contribution in [0.2, 0.25) is 0 Å². The van der Waals surface area contributed by atoms with Crippen LogP contribution in [0.25, 0.3) is 0 Å². The Balaban J connectivity index is 3.56. The van der Waals surface area contributed by atoms with Crippen molar-refractivity contribution in [3.63, 3.8) is 0 Å². The van der Waals surface area contributed by atoms with Gasteiger partial charge in [-0.05, 0) is 26.2 Å². The summed E-state index contributed by atoms with van der Waals surface area (Å²) in [7, 11) is -3.89. The Morgan fingerprint density at radius 2 is 1.96 bits per heavy atom. The van der Waals surface area contributed by atoms with E-state index >= 15 is 0 Å². The van der Waals surface area contributed by atoms with Gasteiger partial charge < -0.3 is 20.1 Å². The summed E-state index contributed by atoms with van der Waals surface area (Å²) < 4.78 is 38.4. The first-order valence-corrected chi connectivity index (χ1v) is 10.6. The average Bonchev–Trinajstić information content (AvgIpc) is 2.59. The quantitative estimate of drug-likeness (QED) is 0.351. The summed E-state index contributed by atoms with van der Waals surface area (Å²) in [6.45, 7) is 3.37. The number of primary amides is 1. The highest BCUT2D eigenvalue weighted by atomic mass is 32.2. The van der Waals surface area contributed by atoms with Gasteiger partial charge in [-0.15, -0.1) is 11.8 Å². The highest BCUT2D eigenvalue weighted by Gasteiger charge is 2.39. The van der Waals surface area contributed by atoms with E-state index < -0.39 is 25.1 Å². The summed E-state index contributed by atoms with van der Waals surface area (Å²) in [5, 5.41) is 12.0. The third-order valence-electron chi connectivity index (χ3n) is 3.19. The molecule has 1 amide bonds. The first-order chi connectivity index (χ1) is 12.3. The van der Waals surface area contributed by atoms with Crippen LogP contribution >= 0.6 is 19.4 Å². The zero-order valence-corrected chi connectivity index (χ0v) is 16.4. The van der Waals surface area contributed by atoms with E-state index in [2.05, 4.69) is 5.32 Å². The summed E-state index contributed by atoms with van der Waals surface area (Å²) in [5.74, 6) is -2.87. The number of nitrogens with zero attached hydrogens (tertiary/aromatic N) is 1. The van der Waals surface area contributed by atoms with Gasteiger partial charge in [0.1, 0.15) is 17.5 Å². The minimum absolute atomic E-state index is 0.0195. The fourth-order valence-corrected chi connectivity index (χ4v) is 4.75. The van der Waals surface area contributed by atoms with Crippen molar-refractivity contribution in [3.8, 4) is 6.07 Å². The first kappa shape index (κ1) is 22.2. The summed E-state index contributed by atoms with van der Waals surface area (Å²) in [6, 6.07) is 7.37. The minimum Gasteiger partial charge on any atom is -0.365 e. The van der Waals surface area contributed by atoms with Gasteiger partial charge >= 0.3 is 7.60 Å². The molecule has 1 aromatic rings. The van der Waals surface area contributed by atoms with Crippen LogP contribution in [0.3, 0.4) is 0 Å². The van der Waals surface area contributed by atoms with Crippen molar-refractivity contribution < 1.29 is 22.8 Å². The number of carbonyl (C=O) groups is 1. The SMILES string of the molecule is CCOP(=O)(OCC)C(N/C(SC)=C(/C#N)C(N)=O)c1ccccc1F. The van der Waals surface area contributed by atoms with E-state index in [4.69, 9.17) is 14.8 Å². The molecule has 0 radical (unpaired) electrons. The molecule has 0 fully saturated rings. The molecule has 26 heavy (non-hydrogen) atoms. The number of halogens is 1. The van der Waals surface area contributed by atoms with Gasteiger partial charge in [-0.1, -0.05) is 18.2 Å². The fraction of sp³-hybridized carbons (Fsp3) is 0.375. The molecule has 1 unspecified atom stereocenters. The van der Waals surface area contributed by atoms with Crippen LogP contribution in [0.15, 0.2) is 34.9 Å². The molecule has 7 nitrogen and oxygen atoms in total. The number of amides is 1. The Hall–Kier alpha value is -1.85. The van der Waals surface area contributed by atoms with Gasteiger partial charge in [-0.3, -0.25) is 9.36 Å². The van der Waals surface area contributed by atoms with Crippen LogP contribution in [-0.2, 0) is 18.4 Å². The normalized spacial score (nSPS) is 13.5. The van der Waals surface area contributed by atoms with Gasteiger partial charge in [0.2, 0.25) is 0 Å². The van der Waals surface area contributed by atoms with Crippen molar-refractivity contribution >= 4 is 25.3 Å². The monoisotopic (exact) mass is 401 g/mol. The van der Waals surface area contributed by atoms with E-state index in [9.17, 15) is 19.0 Å². The number of hydrogen-bond acceptors (Lipinski definition) is 7. The summed E-state index contributed by atoms with van der Waals surface area (Å²) in [4.78, 5) is 11.5. The van der Waals surface area contributed by atoms with Crippen molar-refractivity contribution in [2.45, 2.75) is 19.6 Å². The number of nitrogens with one attached hydrogen (secondary N) is 1. The Kier molecular flexibility index (Phi) is 8.82. The molecule has 0 bridgehead atoms. The maximum absolute atomic E-state index is 14.4. The molecule has 0 aromatic heterocycles. The summed E-state index contributed by atoms with van der Waals surface area (Å²) >= 11 is 1.00. The van der Waals surface area contributed by atoms with E-state index in [0.29, 0.717) is 0 Å². The standard InChI is InChI=1S/C16H21FN3O4PS/c1-4-23-25(22,24-5-2)15(11-8-6-7-9-13(11)17)20-16(26-3)12(10-18)14(19)21/h6-9,15,20H,4-5H2,1-3H3,(H2,19,21)/b16-12+. The Bertz CT molecular complexity index is 756. The molecule has 0 spiro atoms. The van der Waals surface area contributed by atoms with Crippen LogP contribution in [-0.4, -0.2) is 25.4 Å². The zero-order valence-electron chi connectivity index (χ0n) is 14.7. The van der Waals surface area contributed by atoms with Crippen molar-refractivity contribution in [1.82, 2.24) is 5.32 Å². The van der Waals surface area contributed by atoms with Gasteiger partial charge in [0.05, 0.1) is 18.2 Å². The van der Waals surface area contributed by atoms with Gasteiger partial charge in [0, 0.05) is 5.56 Å². The summed E-state index contributed by atoms with van der Waals surface area (Å²) in [6.07, 6.45) is 1.59. The maximum atomic E-state index is 14.4. The molecule has 1 atom stereocenters. The van der Waals surface area contributed by atoms with E-state index in [1.165, 1.54) is 18.2 Å². The van der Waals surface area contributed by atoms with E-state index in [1.54, 1.807) is 32.2 Å². The number of nitriles is 1. The molecular weight excluding hydrogens is 380 g/mol. The van der Waals surface area contributed by atoms with Crippen molar-refractivity contribution in [2.24, 2.45) is 5.73 Å². The third kappa shape index (κ3) is 5.32. The van der Waals surface area contributed by atoms with Gasteiger partial charge in [0.15, 0.2) is 5.78 Å². The van der Waals surface area contributed by atoms with Gasteiger partial charge in [-0.25, -0.2) is 4.39 Å². The van der Waals surface area contributed by atoms with Crippen molar-refractivity contribution in [3.05, 3.63) is 46.2 Å². The number of rotatable bonds is 10. The minimum atomic E-state index is -3.89. The smallest absolute Gasteiger partial charge is 0.357 e. The number of nitrogens with two attached hydrogens (primary N) is 1. The molecule has 0 saturated carbocycles. The van der Waals surface area contributed by atoms with Crippen molar-refractivity contribution in [1.29, 1.82) is 5.26 Å². The predicted octanol–water partition coefficient (Wildman–Crippen LogP) is 3.26. The molecule has 0 aliphatic heterocycles. The van der Waals surface area contributed by atoms with Crippen LogP contribution in [0.5, 0.6) is 0 Å². The lowest BCUT2D eigenvalue weighted by Crippen LogP contribution is -2.26. The fourth-order valence-electron chi connectivity index (χ4n) is 2.15. The van der Waals surface area contributed by atoms with Gasteiger partial charge in [-0.2, -0.15) is 5.26 Å². The molecule has 0 heterocycles. The predicted molar refractivity (Wildman–Crippen MR) is 98.5 cm³/mol. The zero-order chi connectivity index (χ0) is 19.7. The Labute approximate surface area is 156 Å². The highest BCUT2D eigenvalue weighted by Crippen LogP contribution is 2.60. The number of carbonyl (C=O) groups excluding carboxylic acids is 1. The second kappa shape index (κ2) is 10.3. The molecule has 0 aliphatic rings. The number of benzene rings is 1. The van der Waals surface area contributed by atoms with E-state index in [0.717, 1.165) is 11.8 Å². The van der Waals surface area contributed by atoms with Crippen LogP contribution in [0.1, 0.15) is 25.2 Å². The first-order valence-electron chi connectivity index (χ1n) is 7.72. The molecule has 0 aliphatic carbocycles. The molecule has 10 heteroatoms. The lowest BCUT2D eigenvalue weighted by molar-refractivity contribution is -0.114. The number of hydrogen-bond donors (Lipinski definition) is 2. The van der Waals surface area contributed by atoms with Crippen LogP contribution in [0.4, 0.5) is 4.39 Å². The van der Waals surface area contributed by atoms with E-state index in [1.807, 2.05) is 0 Å². The Morgan fingerprint density at radius 1 is 1.38 bits per heavy atom. The second-order valence-electron chi connectivity index (χ2n) is 4.83. The van der Waals surface area contributed by atoms with Gasteiger partial charge in [0.25, 0.3) is 5.91 Å². The largest absolute Gasteiger partial charge is 0.365 e. The molecule has 1 rings (SSSR count). The lowest BCUT2D eigenvalue weighted by Gasteiger charge is -2.29. The second-order valence-corrected chi connectivity index (χ2v) is 7.76. The van der Waals surface area contributed by atoms with Crippen molar-refractivity contribution in [2.75, 3.05) is 19.5 Å². The highest BCUT2D eigenvalue weighted by molar-refractivity contribution is 8.02. The molecule has 1 aromatic carbocycles. The molecular formula is C16H21FN3O4PS. The van der Waals surface area contributed by atoms with Crippen LogP contribution < -0.4 is 11.1 Å². The molecule has 142 valence electrons. The summed E-state index contributed by atoms with van der Waals surface area (Å²) in [5.41, 5.74) is 4.87. The number of thioether (sulfide) groups is 1. The molecule has 0 saturated heterocycles. The molecule has 3 N–H and O–H groups in total. The van der Waals surface area contributed by atoms with Crippen LogP contribution in [0, 0.1) is 17.1 Å². The Morgan fingerprint density at radius 3 is 2.38 bits per heavy atom. The van der Waals surface area contributed by atoms with E-state index in [-0.39, 0.29) is 29.4 Å².